The number of amides is 1. The number of nitrogen functional groups attached to an aromatic ring is 1. The number of nitrogens with zero attached hydrogens (tertiary/aromatic N) is 2. The Morgan fingerprint density at radius 2 is 1.73 bits per heavy atom. The van der Waals surface area contributed by atoms with Gasteiger partial charge in [0, 0.05) is 35.1 Å². The van der Waals surface area contributed by atoms with Crippen molar-refractivity contribution in [1.82, 2.24) is 15.3 Å². The fourth-order valence-electron chi connectivity index (χ4n) is 4.15. The second-order valence-electron chi connectivity index (χ2n) is 9.72. The van der Waals surface area contributed by atoms with Crippen molar-refractivity contribution < 1.29 is 23.4 Å². The molecule has 0 aliphatic heterocycles. The topological polar surface area (TPSA) is 109 Å². The Hall–Kier alpha value is -4.14. The highest BCUT2D eigenvalue weighted by atomic mass is 19.1. The maximum absolute atomic E-state index is 14.6. The molecule has 0 aliphatic carbocycles. The van der Waals surface area contributed by atoms with Gasteiger partial charge in [0.15, 0.2) is 11.5 Å². The summed E-state index contributed by atoms with van der Waals surface area (Å²) in [5.74, 6) is 1.05. The number of alkyl carbamates (subject to hydrolysis) is 1. The first-order chi connectivity index (χ1) is 17.6. The smallest absolute Gasteiger partial charge is 0.407 e. The van der Waals surface area contributed by atoms with Crippen LogP contribution in [0.3, 0.4) is 0 Å². The van der Waals surface area contributed by atoms with E-state index in [-0.39, 0.29) is 5.82 Å². The standard InChI is InChI=1S/C28H31FN4O4/c1-28(2,3)37-27(34)31-8-6-7-16-9-17(11-18(29)10-16)22-12-19-20-13-24(35-4)25(36-5)14-23(20)32-15-21(19)26(30)33-22/h9-15H,6-8H2,1-5H3,(H2,30,33)(H,31,34). The van der Waals surface area contributed by atoms with Crippen molar-refractivity contribution in [1.29, 1.82) is 0 Å². The fraction of sp³-hybridized carbons (Fsp3) is 0.321. The van der Waals surface area contributed by atoms with Crippen LogP contribution in [-0.2, 0) is 11.2 Å². The van der Waals surface area contributed by atoms with Gasteiger partial charge in [0.25, 0.3) is 0 Å². The molecule has 2 aromatic carbocycles. The summed E-state index contributed by atoms with van der Waals surface area (Å²) in [4.78, 5) is 20.9. The second-order valence-corrected chi connectivity index (χ2v) is 9.72. The summed E-state index contributed by atoms with van der Waals surface area (Å²) in [7, 11) is 3.14. The number of halogens is 1. The molecule has 0 bridgehead atoms. The maximum atomic E-state index is 14.6. The highest BCUT2D eigenvalue weighted by Gasteiger charge is 2.16. The van der Waals surface area contributed by atoms with E-state index >= 15 is 0 Å². The number of pyridine rings is 2. The summed E-state index contributed by atoms with van der Waals surface area (Å²) >= 11 is 0. The van der Waals surface area contributed by atoms with Gasteiger partial charge in [0.2, 0.25) is 0 Å². The Kier molecular flexibility index (Phi) is 7.33. The molecule has 8 nitrogen and oxygen atoms in total. The van der Waals surface area contributed by atoms with Crippen molar-refractivity contribution in [2.24, 2.45) is 0 Å². The number of aryl methyl sites for hydroxylation is 1. The molecule has 4 aromatic rings. The predicted octanol–water partition coefficient (Wildman–Crippen LogP) is 5.65. The summed E-state index contributed by atoms with van der Waals surface area (Å²) < 4.78 is 30.7. The first-order valence-electron chi connectivity index (χ1n) is 12.0. The molecular formula is C28H31FN4O4. The first kappa shape index (κ1) is 25.9. The highest BCUT2D eigenvalue weighted by Crippen LogP contribution is 2.37. The first-order valence-corrected chi connectivity index (χ1v) is 12.0. The summed E-state index contributed by atoms with van der Waals surface area (Å²) in [5.41, 5.74) is 8.38. The molecule has 4 rings (SSSR count). The molecule has 0 saturated carbocycles. The van der Waals surface area contributed by atoms with Crippen molar-refractivity contribution in [2.75, 3.05) is 26.5 Å². The Balaban J connectivity index is 1.63. The van der Waals surface area contributed by atoms with Gasteiger partial charge < -0.3 is 25.3 Å². The Morgan fingerprint density at radius 3 is 2.43 bits per heavy atom. The van der Waals surface area contributed by atoms with Crippen LogP contribution in [0.4, 0.5) is 15.0 Å². The summed E-state index contributed by atoms with van der Waals surface area (Å²) in [6.45, 7) is 5.83. The SMILES string of the molecule is COc1cc2ncc3c(N)nc(-c4cc(F)cc(CCCNC(=O)OC(C)(C)C)c4)cc3c2cc1OC. The predicted molar refractivity (Wildman–Crippen MR) is 143 cm³/mol. The molecule has 2 heterocycles. The van der Waals surface area contributed by atoms with Crippen molar-refractivity contribution in [3.63, 3.8) is 0 Å². The third-order valence-corrected chi connectivity index (χ3v) is 5.78. The van der Waals surface area contributed by atoms with E-state index in [0.29, 0.717) is 58.9 Å². The number of anilines is 1. The monoisotopic (exact) mass is 506 g/mol. The number of benzene rings is 2. The molecule has 37 heavy (non-hydrogen) atoms. The van der Waals surface area contributed by atoms with Gasteiger partial charge in [0.1, 0.15) is 17.2 Å². The normalized spacial score (nSPS) is 11.5. The molecule has 0 spiro atoms. The molecule has 1 amide bonds. The number of fused-ring (bicyclic) bond motifs is 3. The van der Waals surface area contributed by atoms with Crippen molar-refractivity contribution >= 4 is 33.6 Å². The third kappa shape index (κ3) is 5.99. The molecule has 0 radical (unpaired) electrons. The minimum Gasteiger partial charge on any atom is -0.493 e. The van der Waals surface area contributed by atoms with E-state index in [1.54, 1.807) is 47.3 Å². The maximum Gasteiger partial charge on any atom is 0.407 e. The summed E-state index contributed by atoms with van der Waals surface area (Å²) in [6, 6.07) is 10.3. The Labute approximate surface area is 214 Å². The van der Waals surface area contributed by atoms with Crippen molar-refractivity contribution in [3.05, 3.63) is 54.0 Å². The fourth-order valence-corrected chi connectivity index (χ4v) is 4.15. The number of rotatable bonds is 7. The van der Waals surface area contributed by atoms with Crippen LogP contribution < -0.4 is 20.5 Å². The van der Waals surface area contributed by atoms with Crippen LogP contribution >= 0.6 is 0 Å². The molecule has 0 aliphatic rings. The number of hydrogen-bond acceptors (Lipinski definition) is 7. The van der Waals surface area contributed by atoms with Gasteiger partial charge in [-0.05, 0) is 74.9 Å². The van der Waals surface area contributed by atoms with E-state index in [0.717, 1.165) is 16.3 Å². The quantitative estimate of drug-likeness (QED) is 0.246. The van der Waals surface area contributed by atoms with Crippen LogP contribution in [-0.4, -0.2) is 42.4 Å². The van der Waals surface area contributed by atoms with Crippen LogP contribution in [0.15, 0.2) is 42.6 Å². The summed E-state index contributed by atoms with van der Waals surface area (Å²) in [6.07, 6.45) is 2.38. The molecule has 0 saturated heterocycles. The summed E-state index contributed by atoms with van der Waals surface area (Å²) in [5, 5.41) is 5.05. The number of nitrogens with one attached hydrogen (secondary N) is 1. The van der Waals surface area contributed by atoms with Crippen LogP contribution in [0.5, 0.6) is 11.5 Å². The third-order valence-electron chi connectivity index (χ3n) is 5.78. The van der Waals surface area contributed by atoms with Gasteiger partial charge in [0.05, 0.1) is 25.4 Å². The van der Waals surface area contributed by atoms with Crippen LogP contribution in [0.25, 0.3) is 32.9 Å². The van der Waals surface area contributed by atoms with E-state index in [1.807, 2.05) is 18.2 Å². The lowest BCUT2D eigenvalue weighted by Gasteiger charge is -2.19. The molecule has 3 N–H and O–H groups in total. The Bertz CT molecular complexity index is 1470. The number of methoxy groups -OCH3 is 2. The largest absolute Gasteiger partial charge is 0.493 e. The van der Waals surface area contributed by atoms with E-state index in [9.17, 15) is 9.18 Å². The molecule has 2 aromatic heterocycles. The number of ether oxygens (including phenoxy) is 3. The zero-order valence-electron chi connectivity index (χ0n) is 21.6. The average molecular weight is 507 g/mol. The van der Waals surface area contributed by atoms with Gasteiger partial charge in [-0.2, -0.15) is 0 Å². The molecule has 194 valence electrons. The molecule has 0 atom stereocenters. The van der Waals surface area contributed by atoms with Gasteiger partial charge in [-0.1, -0.05) is 0 Å². The van der Waals surface area contributed by atoms with Gasteiger partial charge >= 0.3 is 6.09 Å². The minimum atomic E-state index is -0.561. The van der Waals surface area contributed by atoms with Crippen molar-refractivity contribution in [3.8, 4) is 22.8 Å². The lowest BCUT2D eigenvalue weighted by atomic mass is 10.0. The Morgan fingerprint density at radius 1 is 1.00 bits per heavy atom. The lowest BCUT2D eigenvalue weighted by Crippen LogP contribution is -2.33. The van der Waals surface area contributed by atoms with Gasteiger partial charge in [-0.15, -0.1) is 0 Å². The number of carbonyl (C=O) groups is 1. The van der Waals surface area contributed by atoms with E-state index in [2.05, 4.69) is 15.3 Å². The van der Waals surface area contributed by atoms with Crippen molar-refractivity contribution in [2.45, 2.75) is 39.2 Å². The number of hydrogen-bond donors (Lipinski definition) is 2. The van der Waals surface area contributed by atoms with Gasteiger partial charge in [-0.25, -0.2) is 14.2 Å². The molecular weight excluding hydrogens is 475 g/mol. The lowest BCUT2D eigenvalue weighted by molar-refractivity contribution is 0.0527. The highest BCUT2D eigenvalue weighted by molar-refractivity contribution is 6.10. The van der Waals surface area contributed by atoms with Gasteiger partial charge in [-0.3, -0.25) is 4.98 Å². The minimum absolute atomic E-state index is 0.295. The van der Waals surface area contributed by atoms with Crippen LogP contribution in [0.1, 0.15) is 32.8 Å². The zero-order chi connectivity index (χ0) is 26.7. The number of carbonyl (C=O) groups excluding carboxylic acids is 1. The second kappa shape index (κ2) is 10.5. The number of nitrogens with two attached hydrogens (primary N) is 1. The van der Waals surface area contributed by atoms with Crippen LogP contribution in [0, 0.1) is 5.82 Å². The molecule has 0 unspecified atom stereocenters. The van der Waals surface area contributed by atoms with E-state index in [1.165, 1.54) is 12.1 Å². The molecule has 0 fully saturated rings. The molecule has 9 heteroatoms. The van der Waals surface area contributed by atoms with E-state index in [4.69, 9.17) is 19.9 Å². The van der Waals surface area contributed by atoms with Crippen LogP contribution in [0.2, 0.25) is 0 Å². The zero-order valence-corrected chi connectivity index (χ0v) is 21.6. The number of aromatic nitrogens is 2. The average Bonchev–Trinajstić information content (AvgIpc) is 2.84. The van der Waals surface area contributed by atoms with E-state index < -0.39 is 11.7 Å².